The summed E-state index contributed by atoms with van der Waals surface area (Å²) >= 11 is 0. The van der Waals surface area contributed by atoms with Crippen molar-refractivity contribution < 1.29 is 9.47 Å². The average molecular weight is 365 g/mol. The molecule has 5 heteroatoms. The number of nitrogens with zero attached hydrogens (tertiary/aromatic N) is 2. The van der Waals surface area contributed by atoms with Gasteiger partial charge in [-0.3, -0.25) is 9.80 Å². The van der Waals surface area contributed by atoms with Gasteiger partial charge in [0.25, 0.3) is 0 Å². The molecule has 5 aliphatic heterocycles. The number of allylic oxidation sites excluding steroid dienone is 1. The number of hydrogen-bond donors (Lipinski definition) is 1. The Kier molecular flexibility index (Phi) is 3.42. The van der Waals surface area contributed by atoms with Crippen molar-refractivity contribution in [2.45, 2.75) is 49.9 Å². The van der Waals surface area contributed by atoms with Crippen LogP contribution < -0.4 is 4.74 Å². The summed E-state index contributed by atoms with van der Waals surface area (Å²) in [5, 5.41) is 1.35. The zero-order chi connectivity index (χ0) is 18.0. The molecule has 2 atom stereocenters. The molecule has 1 N–H and O–H groups in total. The van der Waals surface area contributed by atoms with Gasteiger partial charge in [0.2, 0.25) is 0 Å². The predicted octanol–water partition coefficient (Wildman–Crippen LogP) is 3.36. The van der Waals surface area contributed by atoms with Gasteiger partial charge in [-0.2, -0.15) is 0 Å². The van der Waals surface area contributed by atoms with Crippen LogP contribution in [-0.2, 0) is 16.7 Å². The van der Waals surface area contributed by atoms with E-state index >= 15 is 0 Å². The fourth-order valence-electron chi connectivity index (χ4n) is 6.09. The van der Waals surface area contributed by atoms with Crippen molar-refractivity contribution in [2.75, 3.05) is 26.7 Å². The summed E-state index contributed by atoms with van der Waals surface area (Å²) in [6.07, 6.45) is 10.6. The van der Waals surface area contributed by atoms with E-state index in [0.29, 0.717) is 12.3 Å². The van der Waals surface area contributed by atoms with Gasteiger partial charge in [-0.15, -0.1) is 0 Å². The molecule has 0 saturated carbocycles. The molecule has 1 spiro atoms. The van der Waals surface area contributed by atoms with Crippen LogP contribution in [0.3, 0.4) is 0 Å². The van der Waals surface area contributed by atoms with Crippen LogP contribution in [0, 0.1) is 0 Å². The molecule has 2 aromatic rings. The monoisotopic (exact) mass is 365 g/mol. The van der Waals surface area contributed by atoms with Gasteiger partial charge in [-0.05, 0) is 61.9 Å². The highest BCUT2D eigenvalue weighted by molar-refractivity contribution is 5.87. The molecule has 0 unspecified atom stereocenters. The van der Waals surface area contributed by atoms with Gasteiger partial charge in [-0.1, -0.05) is 0 Å². The molecule has 1 aromatic heterocycles. The van der Waals surface area contributed by atoms with Crippen LogP contribution in [0.15, 0.2) is 30.5 Å². The van der Waals surface area contributed by atoms with E-state index in [4.69, 9.17) is 9.47 Å². The molecule has 3 fully saturated rings. The standard InChI is InChI=1S/C22H27N3O2/c1-26-15-5-6-18-17(14-15)16-7-10-25-21(19-4-2-3-13-27-19)24-11-8-22(25,9-12-24)20(16)23-18/h3,5-6,13-14,19,21,23H,2,4,7-12H2,1H3/t19-,21+/m1/s1. The summed E-state index contributed by atoms with van der Waals surface area (Å²) in [5.74, 6) is 0.947. The zero-order valence-electron chi connectivity index (χ0n) is 15.9. The second-order valence-electron chi connectivity index (χ2n) is 8.44. The zero-order valence-corrected chi connectivity index (χ0v) is 15.9. The number of H-pyrrole nitrogens is 1. The van der Waals surface area contributed by atoms with E-state index in [2.05, 4.69) is 39.1 Å². The third-order valence-electron chi connectivity index (χ3n) is 7.35. The Morgan fingerprint density at radius 2 is 2.11 bits per heavy atom. The molecule has 7 rings (SSSR count). The first-order valence-corrected chi connectivity index (χ1v) is 10.3. The summed E-state index contributed by atoms with van der Waals surface area (Å²) in [6, 6.07) is 6.45. The summed E-state index contributed by atoms with van der Waals surface area (Å²) < 4.78 is 11.6. The van der Waals surface area contributed by atoms with Crippen LogP contribution in [-0.4, -0.2) is 53.8 Å². The Bertz CT molecular complexity index is 910. The number of nitrogens with one attached hydrogen (secondary N) is 1. The van der Waals surface area contributed by atoms with Gasteiger partial charge in [-0.25, -0.2) is 0 Å². The van der Waals surface area contributed by atoms with E-state index in [1.165, 1.54) is 48.1 Å². The number of hydrogen-bond acceptors (Lipinski definition) is 4. The Balaban J connectivity index is 1.47. The van der Waals surface area contributed by atoms with Gasteiger partial charge < -0.3 is 14.5 Å². The third-order valence-corrected chi connectivity index (χ3v) is 7.35. The van der Waals surface area contributed by atoms with Crippen molar-refractivity contribution in [1.29, 1.82) is 0 Å². The molecule has 27 heavy (non-hydrogen) atoms. The fourth-order valence-corrected chi connectivity index (χ4v) is 6.09. The summed E-state index contributed by atoms with van der Waals surface area (Å²) in [4.78, 5) is 9.28. The first kappa shape index (κ1) is 16.0. The topological polar surface area (TPSA) is 40.7 Å². The van der Waals surface area contributed by atoms with E-state index in [9.17, 15) is 0 Å². The predicted molar refractivity (Wildman–Crippen MR) is 105 cm³/mol. The molecule has 5 aliphatic rings. The minimum Gasteiger partial charge on any atom is -0.497 e. The highest BCUT2D eigenvalue weighted by Gasteiger charge is 2.56. The molecule has 2 bridgehead atoms. The highest BCUT2D eigenvalue weighted by Crippen LogP contribution is 2.51. The maximum absolute atomic E-state index is 6.10. The summed E-state index contributed by atoms with van der Waals surface area (Å²) in [6.45, 7) is 3.45. The highest BCUT2D eigenvalue weighted by atomic mass is 16.5. The maximum Gasteiger partial charge on any atom is 0.127 e. The number of fused-ring (bicyclic) bond motifs is 5. The Morgan fingerprint density at radius 1 is 1.22 bits per heavy atom. The van der Waals surface area contributed by atoms with Crippen LogP contribution in [0.4, 0.5) is 0 Å². The lowest BCUT2D eigenvalue weighted by atomic mass is 9.73. The SMILES string of the molecule is COc1ccc2[nH]c3c(c2c1)CCN1[C@@H]([C@H]2CCC=CO2)N2CCC31CC2. The summed E-state index contributed by atoms with van der Waals surface area (Å²) in [5.41, 5.74) is 4.37. The molecular weight excluding hydrogens is 338 g/mol. The van der Waals surface area contributed by atoms with Crippen LogP contribution in [0.5, 0.6) is 5.75 Å². The second-order valence-corrected chi connectivity index (χ2v) is 8.44. The maximum atomic E-state index is 6.10. The van der Waals surface area contributed by atoms with Gasteiger partial charge in [0.1, 0.15) is 18.0 Å². The van der Waals surface area contributed by atoms with E-state index in [0.717, 1.165) is 31.6 Å². The van der Waals surface area contributed by atoms with E-state index in [1.54, 1.807) is 7.11 Å². The number of piperidine rings is 1. The molecule has 142 valence electrons. The molecule has 5 nitrogen and oxygen atoms in total. The van der Waals surface area contributed by atoms with Crippen LogP contribution in [0.1, 0.15) is 36.9 Å². The van der Waals surface area contributed by atoms with Crippen molar-refractivity contribution in [3.63, 3.8) is 0 Å². The first-order valence-electron chi connectivity index (χ1n) is 10.3. The molecule has 6 heterocycles. The Labute approximate surface area is 159 Å². The van der Waals surface area contributed by atoms with Crippen LogP contribution in [0.25, 0.3) is 10.9 Å². The van der Waals surface area contributed by atoms with E-state index in [-0.39, 0.29) is 5.54 Å². The molecular formula is C22H27N3O2. The van der Waals surface area contributed by atoms with Crippen molar-refractivity contribution in [3.05, 3.63) is 41.8 Å². The normalized spacial score (nSPS) is 34.9. The molecule has 0 aliphatic carbocycles. The number of aromatic nitrogens is 1. The molecule has 0 amide bonds. The quantitative estimate of drug-likeness (QED) is 0.886. The average Bonchev–Trinajstić information content (AvgIpc) is 3.13. The lowest BCUT2D eigenvalue weighted by Crippen LogP contribution is -2.73. The third kappa shape index (κ3) is 2.13. The van der Waals surface area contributed by atoms with Crippen molar-refractivity contribution in [1.82, 2.24) is 14.8 Å². The molecule has 1 aromatic carbocycles. The van der Waals surface area contributed by atoms with Gasteiger partial charge >= 0.3 is 0 Å². The minimum atomic E-state index is 0.143. The van der Waals surface area contributed by atoms with Crippen molar-refractivity contribution >= 4 is 10.9 Å². The first-order chi connectivity index (χ1) is 13.3. The van der Waals surface area contributed by atoms with Crippen molar-refractivity contribution in [3.8, 4) is 5.75 Å². The largest absolute Gasteiger partial charge is 0.497 e. The van der Waals surface area contributed by atoms with Gasteiger partial charge in [0, 0.05) is 36.2 Å². The number of aromatic amines is 1. The number of rotatable bonds is 2. The summed E-state index contributed by atoms with van der Waals surface area (Å²) in [7, 11) is 1.75. The molecule has 0 radical (unpaired) electrons. The van der Waals surface area contributed by atoms with Gasteiger partial charge in [0.15, 0.2) is 0 Å². The van der Waals surface area contributed by atoms with Crippen molar-refractivity contribution in [2.24, 2.45) is 0 Å². The number of benzene rings is 1. The Morgan fingerprint density at radius 3 is 2.89 bits per heavy atom. The Hall–Kier alpha value is -1.98. The minimum absolute atomic E-state index is 0.143. The fraction of sp³-hybridized carbons (Fsp3) is 0.545. The van der Waals surface area contributed by atoms with Crippen LogP contribution >= 0.6 is 0 Å². The smallest absolute Gasteiger partial charge is 0.127 e. The lowest BCUT2D eigenvalue weighted by molar-refractivity contribution is -0.185. The number of ether oxygens (including phenoxy) is 2. The van der Waals surface area contributed by atoms with Gasteiger partial charge in [0.05, 0.1) is 18.9 Å². The van der Waals surface area contributed by atoms with E-state index < -0.39 is 0 Å². The van der Waals surface area contributed by atoms with E-state index in [1.807, 2.05) is 6.26 Å². The second kappa shape index (κ2) is 5.76. The molecule has 3 saturated heterocycles. The lowest BCUT2D eigenvalue weighted by Gasteiger charge is -2.63. The number of methoxy groups -OCH3 is 1. The van der Waals surface area contributed by atoms with Crippen LogP contribution in [0.2, 0.25) is 0 Å².